The molecule has 15 heavy (non-hydrogen) atoms. The molecular weight excluding hydrogens is 194 g/mol. The molecule has 0 saturated heterocycles. The molecule has 90 valence electrons. The molecule has 0 radical (unpaired) electrons. The molecule has 0 aromatic heterocycles. The molecule has 4 heteroatoms. The standard InChI is InChI=1S/C11H23NO3/c1-9(2)15-10(13)8-14-7-6-12-11(3,4)5/h9,12H,6-8H2,1-5H3. The van der Waals surface area contributed by atoms with Crippen molar-refractivity contribution in [2.45, 2.75) is 46.3 Å². The lowest BCUT2D eigenvalue weighted by atomic mass is 10.1. The van der Waals surface area contributed by atoms with Crippen molar-refractivity contribution in [3.05, 3.63) is 0 Å². The van der Waals surface area contributed by atoms with Gasteiger partial charge in [0, 0.05) is 12.1 Å². The molecule has 0 unspecified atom stereocenters. The zero-order chi connectivity index (χ0) is 11.9. The van der Waals surface area contributed by atoms with Gasteiger partial charge in [-0.1, -0.05) is 0 Å². The van der Waals surface area contributed by atoms with E-state index in [0.29, 0.717) is 6.61 Å². The van der Waals surface area contributed by atoms with Gasteiger partial charge >= 0.3 is 5.97 Å². The average Bonchev–Trinajstić information content (AvgIpc) is 1.99. The van der Waals surface area contributed by atoms with Crippen LogP contribution in [0.1, 0.15) is 34.6 Å². The topological polar surface area (TPSA) is 47.6 Å². The second-order valence-corrected chi connectivity index (χ2v) is 4.77. The van der Waals surface area contributed by atoms with E-state index >= 15 is 0 Å². The fraction of sp³-hybridized carbons (Fsp3) is 0.909. The molecule has 0 aliphatic rings. The number of hydrogen-bond acceptors (Lipinski definition) is 4. The van der Waals surface area contributed by atoms with E-state index in [9.17, 15) is 4.79 Å². The van der Waals surface area contributed by atoms with E-state index in [1.54, 1.807) is 0 Å². The fourth-order valence-corrected chi connectivity index (χ4v) is 0.951. The van der Waals surface area contributed by atoms with Gasteiger partial charge in [-0.2, -0.15) is 0 Å². The van der Waals surface area contributed by atoms with Crippen LogP contribution in [-0.4, -0.2) is 37.4 Å². The first-order chi connectivity index (χ1) is 6.81. The third-order valence-corrected chi connectivity index (χ3v) is 1.49. The molecule has 0 fully saturated rings. The maximum Gasteiger partial charge on any atom is 0.332 e. The molecule has 0 atom stereocenters. The Morgan fingerprint density at radius 3 is 2.40 bits per heavy atom. The fourth-order valence-electron chi connectivity index (χ4n) is 0.951. The third-order valence-electron chi connectivity index (χ3n) is 1.49. The van der Waals surface area contributed by atoms with E-state index in [1.165, 1.54) is 0 Å². The quantitative estimate of drug-likeness (QED) is 0.539. The summed E-state index contributed by atoms with van der Waals surface area (Å²) in [5.74, 6) is -0.305. The van der Waals surface area contributed by atoms with E-state index in [4.69, 9.17) is 9.47 Å². The number of esters is 1. The van der Waals surface area contributed by atoms with Crippen molar-refractivity contribution in [3.63, 3.8) is 0 Å². The number of carbonyl (C=O) groups is 1. The van der Waals surface area contributed by atoms with Crippen LogP contribution in [0.25, 0.3) is 0 Å². The van der Waals surface area contributed by atoms with E-state index in [1.807, 2.05) is 13.8 Å². The molecule has 0 aliphatic heterocycles. The first-order valence-electron chi connectivity index (χ1n) is 5.33. The van der Waals surface area contributed by atoms with Gasteiger partial charge in [-0.15, -0.1) is 0 Å². The largest absolute Gasteiger partial charge is 0.461 e. The van der Waals surface area contributed by atoms with Gasteiger partial charge in [0.1, 0.15) is 6.61 Å². The van der Waals surface area contributed by atoms with Crippen LogP contribution in [0.2, 0.25) is 0 Å². The minimum absolute atomic E-state index is 0.0317. The van der Waals surface area contributed by atoms with Crippen LogP contribution in [-0.2, 0) is 14.3 Å². The number of hydrogen-bond donors (Lipinski definition) is 1. The Balaban J connectivity index is 3.35. The molecule has 0 spiro atoms. The van der Waals surface area contributed by atoms with Crippen LogP contribution >= 0.6 is 0 Å². The summed E-state index contributed by atoms with van der Waals surface area (Å²) in [6, 6.07) is 0. The van der Waals surface area contributed by atoms with Crippen molar-refractivity contribution in [3.8, 4) is 0 Å². The minimum Gasteiger partial charge on any atom is -0.461 e. The van der Waals surface area contributed by atoms with Crippen LogP contribution in [0.15, 0.2) is 0 Å². The maximum atomic E-state index is 11.0. The van der Waals surface area contributed by atoms with Crippen molar-refractivity contribution in [1.82, 2.24) is 5.32 Å². The van der Waals surface area contributed by atoms with Gasteiger partial charge < -0.3 is 14.8 Å². The van der Waals surface area contributed by atoms with E-state index in [2.05, 4.69) is 26.1 Å². The monoisotopic (exact) mass is 217 g/mol. The maximum absolute atomic E-state index is 11.0. The molecule has 0 aromatic carbocycles. The molecule has 4 nitrogen and oxygen atoms in total. The lowest BCUT2D eigenvalue weighted by Crippen LogP contribution is -2.38. The molecule has 0 aromatic rings. The van der Waals surface area contributed by atoms with Crippen LogP contribution < -0.4 is 5.32 Å². The second kappa shape index (κ2) is 6.80. The number of carbonyl (C=O) groups excluding carboxylic acids is 1. The van der Waals surface area contributed by atoms with Gasteiger partial charge in [0.25, 0.3) is 0 Å². The predicted molar refractivity (Wildman–Crippen MR) is 59.8 cm³/mol. The van der Waals surface area contributed by atoms with Crippen LogP contribution in [0, 0.1) is 0 Å². The zero-order valence-corrected chi connectivity index (χ0v) is 10.4. The highest BCUT2D eigenvalue weighted by Crippen LogP contribution is 1.97. The molecule has 0 heterocycles. The van der Waals surface area contributed by atoms with Crippen molar-refractivity contribution < 1.29 is 14.3 Å². The van der Waals surface area contributed by atoms with Gasteiger partial charge in [0.2, 0.25) is 0 Å². The normalized spacial score (nSPS) is 11.9. The van der Waals surface area contributed by atoms with Crippen LogP contribution in [0.3, 0.4) is 0 Å². The summed E-state index contributed by atoms with van der Waals surface area (Å²) in [5.41, 5.74) is 0.0851. The summed E-state index contributed by atoms with van der Waals surface area (Å²) in [6.07, 6.45) is -0.0752. The summed E-state index contributed by atoms with van der Waals surface area (Å²) in [5, 5.41) is 3.26. The first-order valence-corrected chi connectivity index (χ1v) is 5.33. The average molecular weight is 217 g/mol. The van der Waals surface area contributed by atoms with Gasteiger partial charge in [0.05, 0.1) is 12.7 Å². The highest BCUT2D eigenvalue weighted by atomic mass is 16.6. The third kappa shape index (κ3) is 11.3. The lowest BCUT2D eigenvalue weighted by Gasteiger charge is -2.20. The van der Waals surface area contributed by atoms with E-state index in [0.717, 1.165) is 6.54 Å². The summed E-state index contributed by atoms with van der Waals surface area (Å²) in [6.45, 7) is 11.2. The Labute approximate surface area is 92.3 Å². The minimum atomic E-state index is -0.305. The van der Waals surface area contributed by atoms with Gasteiger partial charge in [-0.25, -0.2) is 4.79 Å². The van der Waals surface area contributed by atoms with E-state index < -0.39 is 0 Å². The second-order valence-electron chi connectivity index (χ2n) is 4.77. The van der Waals surface area contributed by atoms with Crippen molar-refractivity contribution in [2.24, 2.45) is 0 Å². The Hall–Kier alpha value is -0.610. The molecule has 0 saturated carbocycles. The number of nitrogens with one attached hydrogen (secondary N) is 1. The van der Waals surface area contributed by atoms with Crippen molar-refractivity contribution in [1.29, 1.82) is 0 Å². The molecule has 0 amide bonds. The molecule has 0 rings (SSSR count). The predicted octanol–water partition coefficient (Wildman–Crippen LogP) is 1.34. The highest BCUT2D eigenvalue weighted by molar-refractivity contribution is 5.70. The SMILES string of the molecule is CC(C)OC(=O)COCCNC(C)(C)C. The highest BCUT2D eigenvalue weighted by Gasteiger charge is 2.08. The van der Waals surface area contributed by atoms with Crippen molar-refractivity contribution >= 4 is 5.97 Å². The summed E-state index contributed by atoms with van der Waals surface area (Å²) in [7, 11) is 0. The molecular formula is C11H23NO3. The Morgan fingerprint density at radius 1 is 1.33 bits per heavy atom. The Bertz CT molecular complexity index is 185. The van der Waals surface area contributed by atoms with Crippen molar-refractivity contribution in [2.75, 3.05) is 19.8 Å². The van der Waals surface area contributed by atoms with E-state index in [-0.39, 0.29) is 24.2 Å². The summed E-state index contributed by atoms with van der Waals surface area (Å²) >= 11 is 0. The molecule has 1 N–H and O–H groups in total. The Morgan fingerprint density at radius 2 is 1.93 bits per heavy atom. The van der Waals surface area contributed by atoms with Crippen LogP contribution in [0.4, 0.5) is 0 Å². The first kappa shape index (κ1) is 14.4. The summed E-state index contributed by atoms with van der Waals surface area (Å²) in [4.78, 5) is 11.0. The van der Waals surface area contributed by atoms with Crippen LogP contribution in [0.5, 0.6) is 0 Å². The van der Waals surface area contributed by atoms with Gasteiger partial charge in [-0.3, -0.25) is 0 Å². The lowest BCUT2D eigenvalue weighted by molar-refractivity contribution is -0.152. The number of rotatable bonds is 6. The number of ether oxygens (including phenoxy) is 2. The van der Waals surface area contributed by atoms with Gasteiger partial charge in [-0.05, 0) is 34.6 Å². The summed E-state index contributed by atoms with van der Waals surface area (Å²) < 4.78 is 10.1. The van der Waals surface area contributed by atoms with Gasteiger partial charge in [0.15, 0.2) is 0 Å². The molecule has 0 aliphatic carbocycles. The zero-order valence-electron chi connectivity index (χ0n) is 10.4. The smallest absolute Gasteiger partial charge is 0.332 e. The molecule has 0 bridgehead atoms. The Kier molecular flexibility index (Phi) is 6.52.